The summed E-state index contributed by atoms with van der Waals surface area (Å²) < 4.78 is 10.7. The van der Waals surface area contributed by atoms with E-state index in [-0.39, 0.29) is 12.1 Å². The molecule has 1 unspecified atom stereocenters. The lowest BCUT2D eigenvalue weighted by Gasteiger charge is -2.39. The van der Waals surface area contributed by atoms with Crippen LogP contribution in [0.4, 0.5) is 10.5 Å². The van der Waals surface area contributed by atoms with Gasteiger partial charge in [0.25, 0.3) is 0 Å². The Morgan fingerprint density at radius 2 is 1.67 bits per heavy atom. The van der Waals surface area contributed by atoms with Gasteiger partial charge in [-0.1, -0.05) is 54.6 Å². The Balaban J connectivity index is 1.58. The van der Waals surface area contributed by atoms with Crippen molar-refractivity contribution in [1.29, 1.82) is 0 Å². The van der Waals surface area contributed by atoms with Crippen molar-refractivity contribution in [2.24, 2.45) is 0 Å². The predicted octanol–water partition coefficient (Wildman–Crippen LogP) is 5.40. The maximum Gasteiger partial charge on any atom is 0.415 e. The van der Waals surface area contributed by atoms with E-state index in [0.29, 0.717) is 18.5 Å². The summed E-state index contributed by atoms with van der Waals surface area (Å²) >= 11 is 0. The van der Waals surface area contributed by atoms with Crippen molar-refractivity contribution in [3.8, 4) is 11.1 Å². The minimum atomic E-state index is -0.638. The molecule has 3 aromatic carbocycles. The number of amides is 1. The van der Waals surface area contributed by atoms with E-state index in [0.717, 1.165) is 22.4 Å². The number of benzene rings is 3. The van der Waals surface area contributed by atoms with E-state index in [1.165, 1.54) is 7.11 Å². The predicted molar refractivity (Wildman–Crippen MR) is 115 cm³/mol. The maximum atomic E-state index is 12.9. The van der Waals surface area contributed by atoms with Crippen LogP contribution in [0.3, 0.4) is 0 Å². The second kappa shape index (κ2) is 8.03. The van der Waals surface area contributed by atoms with Crippen LogP contribution in [0.25, 0.3) is 11.1 Å². The van der Waals surface area contributed by atoms with Gasteiger partial charge in [-0.2, -0.15) is 0 Å². The quantitative estimate of drug-likeness (QED) is 0.549. The van der Waals surface area contributed by atoms with Crippen molar-refractivity contribution < 1.29 is 19.1 Å². The molecule has 5 nitrogen and oxygen atoms in total. The summed E-state index contributed by atoms with van der Waals surface area (Å²) in [5.41, 5.74) is 3.38. The summed E-state index contributed by atoms with van der Waals surface area (Å²) in [5, 5.41) is 0. The molecular weight excluding hydrogens is 378 g/mol. The van der Waals surface area contributed by atoms with Gasteiger partial charge >= 0.3 is 12.1 Å². The van der Waals surface area contributed by atoms with Crippen LogP contribution < -0.4 is 4.90 Å². The van der Waals surface area contributed by atoms with Gasteiger partial charge in [-0.3, -0.25) is 4.90 Å². The summed E-state index contributed by atoms with van der Waals surface area (Å²) in [4.78, 5) is 26.3. The normalized spacial score (nSPS) is 18.6. The zero-order chi connectivity index (χ0) is 21.1. The number of esters is 1. The fourth-order valence-electron chi connectivity index (χ4n) is 3.74. The molecule has 1 atom stereocenters. The lowest BCUT2D eigenvalue weighted by molar-refractivity contribution is 0.00581. The van der Waals surface area contributed by atoms with Crippen LogP contribution in [0.5, 0.6) is 0 Å². The van der Waals surface area contributed by atoms with Crippen LogP contribution in [-0.2, 0) is 15.1 Å². The number of carbonyl (C=O) groups is 2. The SMILES string of the molecule is COC(=O)c1cccc(-c2cccc(N3CCC(C)(c4ccccc4)OC3=O)c2)c1. The van der Waals surface area contributed by atoms with Crippen molar-refractivity contribution in [2.45, 2.75) is 18.9 Å². The van der Waals surface area contributed by atoms with E-state index in [1.807, 2.05) is 73.7 Å². The fraction of sp³-hybridized carbons (Fsp3) is 0.200. The molecule has 30 heavy (non-hydrogen) atoms. The Bertz CT molecular complexity index is 1080. The third-order valence-corrected chi connectivity index (χ3v) is 5.50. The second-order valence-corrected chi connectivity index (χ2v) is 7.49. The van der Waals surface area contributed by atoms with Crippen molar-refractivity contribution in [3.05, 3.63) is 90.0 Å². The monoisotopic (exact) mass is 401 g/mol. The van der Waals surface area contributed by atoms with Crippen LogP contribution in [-0.4, -0.2) is 25.7 Å². The van der Waals surface area contributed by atoms with Gasteiger partial charge in [0.15, 0.2) is 0 Å². The van der Waals surface area contributed by atoms with Gasteiger partial charge in [-0.15, -0.1) is 0 Å². The molecule has 1 heterocycles. The molecule has 0 spiro atoms. The van der Waals surface area contributed by atoms with Gasteiger partial charge in [-0.25, -0.2) is 9.59 Å². The summed E-state index contributed by atoms with van der Waals surface area (Å²) in [6.45, 7) is 2.50. The Morgan fingerprint density at radius 1 is 0.967 bits per heavy atom. The maximum absolute atomic E-state index is 12.9. The van der Waals surface area contributed by atoms with E-state index in [1.54, 1.807) is 17.0 Å². The molecule has 5 heteroatoms. The van der Waals surface area contributed by atoms with Crippen molar-refractivity contribution in [2.75, 3.05) is 18.6 Å². The van der Waals surface area contributed by atoms with Crippen LogP contribution in [0.2, 0.25) is 0 Å². The van der Waals surface area contributed by atoms with Crippen LogP contribution >= 0.6 is 0 Å². The highest BCUT2D eigenvalue weighted by atomic mass is 16.6. The average molecular weight is 401 g/mol. The van der Waals surface area contributed by atoms with Crippen molar-refractivity contribution in [3.63, 3.8) is 0 Å². The number of hydrogen-bond acceptors (Lipinski definition) is 4. The zero-order valence-electron chi connectivity index (χ0n) is 17.0. The van der Waals surface area contributed by atoms with Crippen LogP contribution in [0.1, 0.15) is 29.3 Å². The van der Waals surface area contributed by atoms with Crippen molar-refractivity contribution in [1.82, 2.24) is 0 Å². The van der Waals surface area contributed by atoms with E-state index >= 15 is 0 Å². The molecule has 1 amide bonds. The Hall–Kier alpha value is -3.60. The highest BCUT2D eigenvalue weighted by Crippen LogP contribution is 2.36. The van der Waals surface area contributed by atoms with Gasteiger partial charge in [0.1, 0.15) is 5.60 Å². The lowest BCUT2D eigenvalue weighted by Crippen LogP contribution is -2.46. The van der Waals surface area contributed by atoms with E-state index < -0.39 is 5.60 Å². The molecule has 1 aliphatic rings. The van der Waals surface area contributed by atoms with E-state index in [4.69, 9.17) is 9.47 Å². The highest BCUT2D eigenvalue weighted by molar-refractivity contribution is 5.92. The zero-order valence-corrected chi connectivity index (χ0v) is 17.0. The first-order chi connectivity index (χ1) is 14.5. The minimum absolute atomic E-state index is 0.368. The molecule has 152 valence electrons. The highest BCUT2D eigenvalue weighted by Gasteiger charge is 2.38. The van der Waals surface area contributed by atoms with Gasteiger partial charge in [0, 0.05) is 18.7 Å². The molecular formula is C25H23NO4. The van der Waals surface area contributed by atoms with Crippen LogP contribution in [0.15, 0.2) is 78.9 Å². The molecule has 0 bridgehead atoms. The van der Waals surface area contributed by atoms with Gasteiger partial charge in [0.05, 0.1) is 12.7 Å². The average Bonchev–Trinajstić information content (AvgIpc) is 2.79. The number of rotatable bonds is 4. The number of nitrogens with zero attached hydrogens (tertiary/aromatic N) is 1. The molecule has 4 rings (SSSR count). The van der Waals surface area contributed by atoms with Gasteiger partial charge in [-0.05, 0) is 47.9 Å². The largest absolute Gasteiger partial charge is 0.465 e. The summed E-state index contributed by atoms with van der Waals surface area (Å²) in [6.07, 6.45) is 0.318. The summed E-state index contributed by atoms with van der Waals surface area (Å²) in [7, 11) is 1.36. The Kier molecular flexibility index (Phi) is 5.27. The van der Waals surface area contributed by atoms with Crippen LogP contribution in [0, 0.1) is 0 Å². The summed E-state index contributed by atoms with van der Waals surface area (Å²) in [5.74, 6) is -0.382. The second-order valence-electron chi connectivity index (χ2n) is 7.49. The molecule has 3 aromatic rings. The minimum Gasteiger partial charge on any atom is -0.465 e. The number of ether oxygens (including phenoxy) is 2. The number of carbonyl (C=O) groups excluding carboxylic acids is 2. The van der Waals surface area contributed by atoms with Gasteiger partial charge < -0.3 is 9.47 Å². The number of methoxy groups -OCH3 is 1. The third-order valence-electron chi connectivity index (χ3n) is 5.50. The molecule has 1 fully saturated rings. The fourth-order valence-corrected chi connectivity index (χ4v) is 3.74. The first kappa shape index (κ1) is 19.7. The number of anilines is 1. The van der Waals surface area contributed by atoms with Crippen molar-refractivity contribution >= 4 is 17.7 Å². The summed E-state index contributed by atoms with van der Waals surface area (Å²) in [6, 6.07) is 24.7. The van der Waals surface area contributed by atoms with E-state index in [2.05, 4.69) is 0 Å². The molecule has 1 saturated heterocycles. The molecule has 0 saturated carbocycles. The third kappa shape index (κ3) is 3.79. The molecule has 1 aliphatic heterocycles. The molecule has 0 radical (unpaired) electrons. The lowest BCUT2D eigenvalue weighted by atomic mass is 9.91. The first-order valence-electron chi connectivity index (χ1n) is 9.85. The topological polar surface area (TPSA) is 55.8 Å². The Labute approximate surface area is 175 Å². The number of cyclic esters (lactones) is 1. The first-order valence-corrected chi connectivity index (χ1v) is 9.85. The smallest absolute Gasteiger partial charge is 0.415 e. The number of hydrogen-bond donors (Lipinski definition) is 0. The van der Waals surface area contributed by atoms with Gasteiger partial charge in [0.2, 0.25) is 0 Å². The Morgan fingerprint density at radius 3 is 2.37 bits per heavy atom. The van der Waals surface area contributed by atoms with E-state index in [9.17, 15) is 9.59 Å². The standard InChI is InChI=1S/C25H23NO4/c1-25(21-11-4-3-5-12-21)14-15-26(24(28)30-25)22-13-7-9-19(17-22)18-8-6-10-20(16-18)23(27)29-2/h3-13,16-17H,14-15H2,1-2H3. The molecule has 0 N–H and O–H groups in total. The molecule has 0 aromatic heterocycles. The molecule has 0 aliphatic carbocycles.